The highest BCUT2D eigenvalue weighted by molar-refractivity contribution is 5.72. The SMILES string of the molecule is CC(C)(C)c1ccc(-c2nnc(-c3ccc(-c4ccc(CC(C)(C)c5ccc(-c6nnc(-c7ccc(-c8ccccc8)cc7)o6)cc5)cc4)cc3)n2-c2ccccc2)cc1. The maximum atomic E-state index is 6.12. The lowest BCUT2D eigenvalue weighted by Gasteiger charge is -2.26. The molecule has 0 atom stereocenters. The molecule has 6 nitrogen and oxygen atoms in total. The molecular weight excluding hydrogens is 735 g/mol. The van der Waals surface area contributed by atoms with E-state index in [0.717, 1.165) is 57.1 Å². The molecule has 0 bridgehead atoms. The Balaban J connectivity index is 0.877. The van der Waals surface area contributed by atoms with E-state index in [0.29, 0.717) is 11.8 Å². The summed E-state index contributed by atoms with van der Waals surface area (Å²) in [5.41, 5.74) is 13.3. The topological polar surface area (TPSA) is 69.6 Å². The third-order valence-electron chi connectivity index (χ3n) is 11.3. The summed E-state index contributed by atoms with van der Waals surface area (Å²) >= 11 is 0. The molecule has 0 N–H and O–H groups in total. The van der Waals surface area contributed by atoms with Crippen LogP contribution < -0.4 is 0 Å². The van der Waals surface area contributed by atoms with Gasteiger partial charge in [-0.05, 0) is 92.6 Å². The van der Waals surface area contributed by atoms with Crippen LogP contribution >= 0.6 is 0 Å². The Kier molecular flexibility index (Phi) is 10.1. The minimum Gasteiger partial charge on any atom is -0.416 e. The Bertz CT molecular complexity index is 2830. The molecule has 0 radical (unpaired) electrons. The largest absolute Gasteiger partial charge is 0.416 e. The van der Waals surface area contributed by atoms with Crippen molar-refractivity contribution in [2.45, 2.75) is 51.9 Å². The summed E-state index contributed by atoms with van der Waals surface area (Å²) in [7, 11) is 0. The van der Waals surface area contributed by atoms with Crippen LogP contribution in [0.2, 0.25) is 0 Å². The average molecular weight is 782 g/mol. The van der Waals surface area contributed by atoms with Crippen LogP contribution in [-0.2, 0) is 17.3 Å². The summed E-state index contributed by atoms with van der Waals surface area (Å²) in [6.45, 7) is 11.3. The summed E-state index contributed by atoms with van der Waals surface area (Å²) in [5, 5.41) is 18.2. The van der Waals surface area contributed by atoms with Crippen LogP contribution in [-0.4, -0.2) is 25.0 Å². The van der Waals surface area contributed by atoms with Gasteiger partial charge >= 0.3 is 0 Å². The van der Waals surface area contributed by atoms with E-state index in [9.17, 15) is 0 Å². The van der Waals surface area contributed by atoms with Crippen molar-refractivity contribution in [1.29, 1.82) is 0 Å². The van der Waals surface area contributed by atoms with Crippen molar-refractivity contribution < 1.29 is 4.42 Å². The summed E-state index contributed by atoms with van der Waals surface area (Å²) < 4.78 is 8.27. The van der Waals surface area contributed by atoms with E-state index in [4.69, 9.17) is 14.6 Å². The predicted molar refractivity (Wildman–Crippen MR) is 244 cm³/mol. The van der Waals surface area contributed by atoms with Gasteiger partial charge in [-0.3, -0.25) is 4.57 Å². The maximum absolute atomic E-state index is 6.12. The third kappa shape index (κ3) is 7.97. The fraction of sp³-hybridized carbons (Fsp3) is 0.148. The Hall–Kier alpha value is -7.18. The fourth-order valence-corrected chi connectivity index (χ4v) is 7.79. The van der Waals surface area contributed by atoms with Gasteiger partial charge in [-0.1, -0.05) is 180 Å². The van der Waals surface area contributed by atoms with Crippen molar-refractivity contribution in [1.82, 2.24) is 25.0 Å². The molecular formula is C54H47N5O. The van der Waals surface area contributed by atoms with Crippen molar-refractivity contribution in [2.24, 2.45) is 0 Å². The first-order valence-corrected chi connectivity index (χ1v) is 20.5. The first-order chi connectivity index (χ1) is 29.1. The third-order valence-corrected chi connectivity index (χ3v) is 11.3. The molecule has 2 heterocycles. The van der Waals surface area contributed by atoms with Gasteiger partial charge in [-0.25, -0.2) is 0 Å². The Morgan fingerprint density at radius 3 is 1.27 bits per heavy atom. The second-order valence-electron chi connectivity index (χ2n) is 17.1. The van der Waals surface area contributed by atoms with Crippen LogP contribution in [0.25, 0.3) is 73.6 Å². The van der Waals surface area contributed by atoms with Gasteiger partial charge in [0.15, 0.2) is 11.6 Å². The molecule has 6 heteroatoms. The molecule has 0 aliphatic rings. The number of nitrogens with zero attached hydrogens (tertiary/aromatic N) is 5. The minimum absolute atomic E-state index is 0.0751. The standard InChI is InChI=1S/C54H47N5O/c1-53(2,3)46-32-28-43(29-33-46)50-56-55-49(59(50)48-14-10-7-11-15-48)42-24-20-41(21-25-42)39-18-16-37(17-19-39)36-54(4,5)47-34-30-45(31-35-47)52-58-57-51(60-52)44-26-22-40(23-27-44)38-12-8-6-9-13-38/h6-35H,36H2,1-5H3. The predicted octanol–water partition coefficient (Wildman–Crippen LogP) is 13.5. The summed E-state index contributed by atoms with van der Waals surface area (Å²) in [6, 6.07) is 63.6. The van der Waals surface area contributed by atoms with Gasteiger partial charge in [-0.2, -0.15) is 0 Å². The summed E-state index contributed by atoms with van der Waals surface area (Å²) in [5.74, 6) is 2.64. The number of benzene rings is 7. The quantitative estimate of drug-likeness (QED) is 0.138. The number of para-hydroxylation sites is 1. The second-order valence-corrected chi connectivity index (χ2v) is 17.1. The molecule has 294 valence electrons. The van der Waals surface area contributed by atoms with E-state index >= 15 is 0 Å². The average Bonchev–Trinajstić information content (AvgIpc) is 3.96. The molecule has 0 fully saturated rings. The smallest absolute Gasteiger partial charge is 0.248 e. The highest BCUT2D eigenvalue weighted by atomic mass is 16.4. The zero-order chi connectivity index (χ0) is 41.3. The number of aromatic nitrogens is 5. The van der Waals surface area contributed by atoms with Crippen molar-refractivity contribution in [3.63, 3.8) is 0 Å². The molecule has 7 aromatic carbocycles. The van der Waals surface area contributed by atoms with Crippen molar-refractivity contribution in [3.8, 4) is 73.6 Å². The highest BCUT2D eigenvalue weighted by Crippen LogP contribution is 2.34. The molecule has 9 aromatic rings. The summed E-state index contributed by atoms with van der Waals surface area (Å²) in [6.07, 6.45) is 0.895. The van der Waals surface area contributed by atoms with Gasteiger partial charge in [0.25, 0.3) is 0 Å². The second kappa shape index (κ2) is 15.9. The maximum Gasteiger partial charge on any atom is 0.248 e. The lowest BCUT2D eigenvalue weighted by atomic mass is 9.79. The fourth-order valence-electron chi connectivity index (χ4n) is 7.79. The van der Waals surface area contributed by atoms with Crippen molar-refractivity contribution >= 4 is 0 Å². The minimum atomic E-state index is -0.0929. The van der Waals surface area contributed by atoms with Gasteiger partial charge in [0.2, 0.25) is 11.8 Å². The molecule has 9 rings (SSSR count). The molecule has 60 heavy (non-hydrogen) atoms. The molecule has 0 saturated heterocycles. The number of hydrogen-bond acceptors (Lipinski definition) is 5. The van der Waals surface area contributed by atoms with E-state index in [2.05, 4.69) is 195 Å². The first kappa shape index (κ1) is 38.3. The van der Waals surface area contributed by atoms with Gasteiger partial charge in [0.05, 0.1) is 0 Å². The van der Waals surface area contributed by atoms with Crippen LogP contribution in [0.5, 0.6) is 0 Å². The lowest BCUT2D eigenvalue weighted by Crippen LogP contribution is -2.20. The first-order valence-electron chi connectivity index (χ1n) is 20.5. The zero-order valence-electron chi connectivity index (χ0n) is 34.7. The normalized spacial score (nSPS) is 11.8. The van der Waals surface area contributed by atoms with Crippen LogP contribution in [0.1, 0.15) is 51.3 Å². The van der Waals surface area contributed by atoms with Crippen LogP contribution in [0.4, 0.5) is 0 Å². The highest BCUT2D eigenvalue weighted by Gasteiger charge is 2.23. The van der Waals surface area contributed by atoms with Gasteiger partial charge in [0, 0.05) is 27.9 Å². The van der Waals surface area contributed by atoms with Crippen LogP contribution in [0.15, 0.2) is 186 Å². The van der Waals surface area contributed by atoms with Crippen molar-refractivity contribution in [3.05, 3.63) is 199 Å². The van der Waals surface area contributed by atoms with Crippen LogP contribution in [0.3, 0.4) is 0 Å². The number of rotatable bonds is 10. The molecule has 0 spiro atoms. The van der Waals surface area contributed by atoms with Crippen LogP contribution in [0, 0.1) is 0 Å². The Morgan fingerprint density at radius 1 is 0.383 bits per heavy atom. The van der Waals surface area contributed by atoms with E-state index in [1.54, 1.807) is 0 Å². The van der Waals surface area contributed by atoms with Gasteiger partial charge in [0.1, 0.15) is 0 Å². The van der Waals surface area contributed by atoms with Gasteiger partial charge < -0.3 is 4.42 Å². The molecule has 0 amide bonds. The van der Waals surface area contributed by atoms with E-state index in [1.165, 1.54) is 27.8 Å². The Morgan fingerprint density at radius 2 is 0.767 bits per heavy atom. The van der Waals surface area contributed by atoms with E-state index < -0.39 is 0 Å². The molecule has 0 saturated carbocycles. The summed E-state index contributed by atoms with van der Waals surface area (Å²) in [4.78, 5) is 0. The zero-order valence-corrected chi connectivity index (χ0v) is 34.7. The van der Waals surface area contributed by atoms with E-state index in [1.807, 2.05) is 36.4 Å². The van der Waals surface area contributed by atoms with Crippen molar-refractivity contribution in [2.75, 3.05) is 0 Å². The monoisotopic (exact) mass is 781 g/mol. The molecule has 0 unspecified atom stereocenters. The van der Waals surface area contributed by atoms with E-state index in [-0.39, 0.29) is 10.8 Å². The van der Waals surface area contributed by atoms with Gasteiger partial charge in [-0.15, -0.1) is 20.4 Å². The molecule has 0 aliphatic heterocycles. The molecule has 2 aromatic heterocycles. The number of hydrogen-bond donors (Lipinski definition) is 0. The Labute approximate surface area is 352 Å². The lowest BCUT2D eigenvalue weighted by molar-refractivity contribution is 0.522. The molecule has 0 aliphatic carbocycles.